The Labute approximate surface area is 139 Å². The number of benzene rings is 1. The molecule has 2 aromatic rings. The Hall–Kier alpha value is -1.69. The molecule has 0 unspecified atom stereocenters. The molecule has 0 amide bonds. The average molecular weight is 329 g/mol. The molecule has 0 saturated heterocycles. The first-order valence-electron chi connectivity index (χ1n) is 8.34. The highest BCUT2D eigenvalue weighted by Crippen LogP contribution is 2.46. The van der Waals surface area contributed by atoms with E-state index in [-0.39, 0.29) is 6.10 Å². The van der Waals surface area contributed by atoms with E-state index in [0.29, 0.717) is 18.6 Å². The monoisotopic (exact) mass is 329 g/mol. The molecule has 5 nitrogen and oxygen atoms in total. The maximum Gasteiger partial charge on any atom is 0.191 e. The number of fused-ring (bicyclic) bond motifs is 1. The van der Waals surface area contributed by atoms with Gasteiger partial charge in [-0.25, -0.2) is 0 Å². The SMILES string of the molecule is c1ccc2c(c1)OC[C@@H](CSc1nnc(C3CC3)n1C1CC1)O2. The van der Waals surface area contributed by atoms with E-state index in [9.17, 15) is 0 Å². The predicted octanol–water partition coefficient (Wildman–Crippen LogP) is 3.42. The van der Waals surface area contributed by atoms with Gasteiger partial charge in [-0.15, -0.1) is 10.2 Å². The molecule has 3 aliphatic rings. The summed E-state index contributed by atoms with van der Waals surface area (Å²) in [6, 6.07) is 8.49. The van der Waals surface area contributed by atoms with E-state index in [1.165, 1.54) is 31.5 Å². The maximum absolute atomic E-state index is 6.03. The van der Waals surface area contributed by atoms with E-state index in [4.69, 9.17) is 9.47 Å². The van der Waals surface area contributed by atoms with Gasteiger partial charge in [-0.2, -0.15) is 0 Å². The Morgan fingerprint density at radius 1 is 1.09 bits per heavy atom. The van der Waals surface area contributed by atoms with Crippen molar-refractivity contribution in [3.05, 3.63) is 30.1 Å². The van der Waals surface area contributed by atoms with E-state index in [1.54, 1.807) is 11.8 Å². The summed E-state index contributed by atoms with van der Waals surface area (Å²) in [5, 5.41) is 9.96. The molecule has 2 aliphatic carbocycles. The number of rotatable bonds is 5. The number of para-hydroxylation sites is 2. The van der Waals surface area contributed by atoms with Gasteiger partial charge in [-0.1, -0.05) is 23.9 Å². The number of nitrogens with zero attached hydrogens (tertiary/aromatic N) is 3. The van der Waals surface area contributed by atoms with Crippen molar-refractivity contribution in [2.24, 2.45) is 0 Å². The predicted molar refractivity (Wildman–Crippen MR) is 87.3 cm³/mol. The minimum atomic E-state index is 0.0589. The third-order valence-corrected chi connectivity index (χ3v) is 5.59. The fraction of sp³-hybridized carbons (Fsp3) is 0.529. The largest absolute Gasteiger partial charge is 0.486 e. The molecule has 5 rings (SSSR count). The van der Waals surface area contributed by atoms with E-state index in [1.807, 2.05) is 24.3 Å². The molecule has 0 radical (unpaired) electrons. The zero-order chi connectivity index (χ0) is 15.2. The minimum absolute atomic E-state index is 0.0589. The van der Waals surface area contributed by atoms with Crippen LogP contribution in [0.3, 0.4) is 0 Å². The molecule has 1 aliphatic heterocycles. The van der Waals surface area contributed by atoms with Gasteiger partial charge in [0.05, 0.1) is 0 Å². The van der Waals surface area contributed by atoms with Crippen molar-refractivity contribution in [1.82, 2.24) is 14.8 Å². The molecule has 1 aromatic carbocycles. The van der Waals surface area contributed by atoms with Gasteiger partial charge in [0.1, 0.15) is 18.5 Å². The van der Waals surface area contributed by atoms with Crippen molar-refractivity contribution in [1.29, 1.82) is 0 Å². The normalized spacial score (nSPS) is 23.0. The van der Waals surface area contributed by atoms with Crippen molar-refractivity contribution in [3.63, 3.8) is 0 Å². The van der Waals surface area contributed by atoms with Crippen molar-refractivity contribution >= 4 is 11.8 Å². The van der Waals surface area contributed by atoms with Gasteiger partial charge in [0, 0.05) is 17.7 Å². The fourth-order valence-electron chi connectivity index (χ4n) is 3.00. The van der Waals surface area contributed by atoms with Crippen molar-refractivity contribution < 1.29 is 9.47 Å². The molecular weight excluding hydrogens is 310 g/mol. The summed E-state index contributed by atoms with van der Waals surface area (Å²) in [5.74, 6) is 4.38. The Kier molecular flexibility index (Phi) is 3.25. The molecular formula is C17H19N3O2S. The van der Waals surface area contributed by atoms with Gasteiger partial charge >= 0.3 is 0 Å². The Bertz CT molecular complexity index is 724. The highest BCUT2D eigenvalue weighted by Gasteiger charge is 2.36. The summed E-state index contributed by atoms with van der Waals surface area (Å²) in [7, 11) is 0. The second kappa shape index (κ2) is 5.44. The van der Waals surface area contributed by atoms with Crippen LogP contribution in [0, 0.1) is 0 Å². The summed E-state index contributed by atoms with van der Waals surface area (Å²) in [6.45, 7) is 0.594. The Balaban J connectivity index is 1.28. The van der Waals surface area contributed by atoms with Crippen LogP contribution < -0.4 is 9.47 Å². The van der Waals surface area contributed by atoms with Crippen LogP contribution in [0.15, 0.2) is 29.4 Å². The molecule has 2 heterocycles. The topological polar surface area (TPSA) is 49.2 Å². The second-order valence-corrected chi connectivity index (χ2v) is 7.51. The summed E-state index contributed by atoms with van der Waals surface area (Å²) >= 11 is 1.75. The third-order valence-electron chi connectivity index (χ3n) is 4.51. The lowest BCUT2D eigenvalue weighted by Crippen LogP contribution is -2.31. The number of ether oxygens (including phenoxy) is 2. The van der Waals surface area contributed by atoms with Crippen LogP contribution in [-0.4, -0.2) is 33.2 Å². The standard InChI is InChI=1S/C17H19N3O2S/c1-2-4-15-14(3-1)21-9-13(22-15)10-23-17-19-18-16(11-5-6-11)20(17)12-7-8-12/h1-4,11-13H,5-10H2/t13-/m0/s1. The molecule has 6 heteroatoms. The van der Waals surface area contributed by atoms with Gasteiger partial charge < -0.3 is 14.0 Å². The lowest BCUT2D eigenvalue weighted by atomic mass is 10.3. The van der Waals surface area contributed by atoms with E-state index < -0.39 is 0 Å². The smallest absolute Gasteiger partial charge is 0.191 e. The number of hydrogen-bond acceptors (Lipinski definition) is 5. The summed E-state index contributed by atoms with van der Waals surface area (Å²) in [6.07, 6.45) is 5.13. The maximum atomic E-state index is 6.03. The van der Waals surface area contributed by atoms with Crippen molar-refractivity contribution in [3.8, 4) is 11.5 Å². The van der Waals surface area contributed by atoms with E-state index in [0.717, 1.165) is 22.4 Å². The van der Waals surface area contributed by atoms with E-state index >= 15 is 0 Å². The van der Waals surface area contributed by atoms with Gasteiger partial charge in [0.15, 0.2) is 16.7 Å². The quantitative estimate of drug-likeness (QED) is 0.787. The van der Waals surface area contributed by atoms with Crippen LogP contribution in [0.25, 0.3) is 0 Å². The van der Waals surface area contributed by atoms with Crippen LogP contribution in [-0.2, 0) is 0 Å². The number of thioether (sulfide) groups is 1. The Morgan fingerprint density at radius 3 is 2.70 bits per heavy atom. The number of aromatic nitrogens is 3. The van der Waals surface area contributed by atoms with Crippen LogP contribution in [0.1, 0.15) is 43.5 Å². The van der Waals surface area contributed by atoms with Crippen LogP contribution in [0.2, 0.25) is 0 Å². The van der Waals surface area contributed by atoms with Gasteiger partial charge in [0.25, 0.3) is 0 Å². The zero-order valence-corrected chi connectivity index (χ0v) is 13.7. The third kappa shape index (κ3) is 2.69. The molecule has 0 N–H and O–H groups in total. The van der Waals surface area contributed by atoms with Gasteiger partial charge in [-0.3, -0.25) is 0 Å². The first kappa shape index (κ1) is 13.7. The molecule has 120 valence electrons. The Morgan fingerprint density at radius 2 is 1.91 bits per heavy atom. The molecule has 1 aromatic heterocycles. The van der Waals surface area contributed by atoms with Crippen LogP contribution >= 0.6 is 11.8 Å². The summed E-state index contributed by atoms with van der Waals surface area (Å²) in [4.78, 5) is 0. The lowest BCUT2D eigenvalue weighted by Gasteiger charge is -2.26. The molecule has 0 bridgehead atoms. The molecule has 23 heavy (non-hydrogen) atoms. The fourth-order valence-corrected chi connectivity index (χ4v) is 3.97. The highest BCUT2D eigenvalue weighted by atomic mass is 32.2. The van der Waals surface area contributed by atoms with Crippen LogP contribution in [0.5, 0.6) is 11.5 Å². The van der Waals surface area contributed by atoms with Crippen molar-refractivity contribution in [2.45, 2.75) is 48.9 Å². The first-order chi connectivity index (χ1) is 11.4. The second-order valence-electron chi connectivity index (χ2n) is 6.52. The number of hydrogen-bond donors (Lipinski definition) is 0. The molecule has 0 spiro atoms. The highest BCUT2D eigenvalue weighted by molar-refractivity contribution is 7.99. The molecule has 2 fully saturated rings. The molecule has 1 atom stereocenters. The summed E-state index contributed by atoms with van der Waals surface area (Å²) in [5.41, 5.74) is 0. The van der Waals surface area contributed by atoms with Crippen LogP contribution in [0.4, 0.5) is 0 Å². The van der Waals surface area contributed by atoms with Gasteiger partial charge in [0.2, 0.25) is 0 Å². The molecule has 2 saturated carbocycles. The van der Waals surface area contributed by atoms with E-state index in [2.05, 4.69) is 14.8 Å². The zero-order valence-electron chi connectivity index (χ0n) is 12.9. The van der Waals surface area contributed by atoms with Gasteiger partial charge in [-0.05, 0) is 37.8 Å². The average Bonchev–Trinajstić information content (AvgIpc) is 3.51. The minimum Gasteiger partial charge on any atom is -0.486 e. The summed E-state index contributed by atoms with van der Waals surface area (Å²) < 4.78 is 14.2. The first-order valence-corrected chi connectivity index (χ1v) is 9.33. The lowest BCUT2D eigenvalue weighted by molar-refractivity contribution is 0.107. The van der Waals surface area contributed by atoms with Crippen molar-refractivity contribution in [2.75, 3.05) is 12.4 Å².